The zero-order valence-corrected chi connectivity index (χ0v) is 24.9. The number of nitrogens with one attached hydrogen (secondary N) is 3. The molecule has 2 atom stereocenters. The highest BCUT2D eigenvalue weighted by Gasteiger charge is 2.35. The fraction of sp³-hybridized carbons (Fsp3) is 0.407. The first-order valence-corrected chi connectivity index (χ1v) is 15.9. The van der Waals surface area contributed by atoms with E-state index >= 15 is 0 Å². The van der Waals surface area contributed by atoms with Crippen LogP contribution in [0.5, 0.6) is 0 Å². The molecule has 0 spiro atoms. The summed E-state index contributed by atoms with van der Waals surface area (Å²) in [6, 6.07) is 8.32. The topological polar surface area (TPSA) is 145 Å². The lowest BCUT2D eigenvalue weighted by Gasteiger charge is -2.34. The van der Waals surface area contributed by atoms with Crippen LogP contribution in [0, 0.1) is 0 Å². The summed E-state index contributed by atoms with van der Waals surface area (Å²) in [4.78, 5) is 54.0. The predicted octanol–water partition coefficient (Wildman–Crippen LogP) is 3.30. The van der Waals surface area contributed by atoms with E-state index < -0.39 is 28.0 Å². The van der Waals surface area contributed by atoms with Crippen molar-refractivity contribution in [1.82, 2.24) is 19.8 Å². The highest BCUT2D eigenvalue weighted by atomic mass is 35.5. The number of benzene rings is 1. The van der Waals surface area contributed by atoms with Gasteiger partial charge in [0, 0.05) is 47.2 Å². The zero-order valence-electron chi connectivity index (χ0n) is 22.5. The molecule has 14 heteroatoms. The van der Waals surface area contributed by atoms with E-state index in [2.05, 4.69) is 15.4 Å². The van der Waals surface area contributed by atoms with Gasteiger partial charge < -0.3 is 20.4 Å². The van der Waals surface area contributed by atoms with Gasteiger partial charge in [-0.25, -0.2) is 13.2 Å². The van der Waals surface area contributed by atoms with Crippen molar-refractivity contribution in [3.05, 3.63) is 56.6 Å². The molecule has 4 rings (SSSR count). The van der Waals surface area contributed by atoms with Crippen LogP contribution in [-0.4, -0.2) is 80.1 Å². The van der Waals surface area contributed by atoms with Crippen LogP contribution in [-0.2, 0) is 19.6 Å². The summed E-state index contributed by atoms with van der Waals surface area (Å²) in [5, 5.41) is 6.48. The van der Waals surface area contributed by atoms with E-state index in [1.54, 1.807) is 41.3 Å². The second-order valence-electron chi connectivity index (χ2n) is 9.92. The summed E-state index contributed by atoms with van der Waals surface area (Å²) < 4.78 is 28.1. The number of carbonyl (C=O) groups excluding carboxylic acids is 4. The largest absolute Gasteiger partial charge is 0.336 e. The first kappa shape index (κ1) is 30.7. The third kappa shape index (κ3) is 8.62. The first-order chi connectivity index (χ1) is 19.5. The van der Waals surface area contributed by atoms with Gasteiger partial charge in [-0.1, -0.05) is 23.7 Å². The Bertz CT molecular complexity index is 1440. The quantitative estimate of drug-likeness (QED) is 0.347. The van der Waals surface area contributed by atoms with Crippen molar-refractivity contribution < 1.29 is 27.6 Å². The number of hydrogen-bond acceptors (Lipinski definition) is 7. The summed E-state index contributed by atoms with van der Waals surface area (Å²) in [6.45, 7) is 2.36. The molecular weight excluding hydrogens is 590 g/mol. The molecule has 3 heterocycles. The number of Topliss-reactive ketones (excluding diaryl/α,β-unsaturated/α-hetero) is 1. The number of ketones is 1. The molecule has 2 fully saturated rings. The molecule has 0 aliphatic carbocycles. The van der Waals surface area contributed by atoms with Gasteiger partial charge in [0.05, 0.1) is 10.9 Å². The molecule has 1 aromatic carbocycles. The SMILES string of the molecule is CC(=O)c1cccc(NC(=O)NC[C@@H]2CCCN2C(=O)CN2CCC[C@H](NS(=O)(=O)/C=C/c3ccc(Cl)s3)C2=O)c1. The van der Waals surface area contributed by atoms with Crippen LogP contribution in [0.3, 0.4) is 0 Å². The summed E-state index contributed by atoms with van der Waals surface area (Å²) >= 11 is 7.11. The molecule has 1 aromatic heterocycles. The third-order valence-electron chi connectivity index (χ3n) is 6.89. The minimum atomic E-state index is -3.90. The van der Waals surface area contributed by atoms with Crippen LogP contribution < -0.4 is 15.4 Å². The smallest absolute Gasteiger partial charge is 0.319 e. The van der Waals surface area contributed by atoms with Gasteiger partial charge in [-0.2, -0.15) is 4.72 Å². The molecule has 2 aromatic rings. The van der Waals surface area contributed by atoms with E-state index in [-0.39, 0.29) is 30.8 Å². The number of nitrogens with zero attached hydrogens (tertiary/aromatic N) is 2. The van der Waals surface area contributed by atoms with Crippen molar-refractivity contribution in [2.24, 2.45) is 0 Å². The fourth-order valence-electron chi connectivity index (χ4n) is 4.85. The molecule has 3 N–H and O–H groups in total. The molecule has 41 heavy (non-hydrogen) atoms. The number of halogens is 1. The number of anilines is 1. The van der Waals surface area contributed by atoms with Crippen molar-refractivity contribution in [3.8, 4) is 0 Å². The number of likely N-dealkylation sites (tertiary alicyclic amines) is 2. The second-order valence-corrected chi connectivity index (χ2v) is 13.3. The van der Waals surface area contributed by atoms with Crippen LogP contribution in [0.4, 0.5) is 10.5 Å². The lowest BCUT2D eigenvalue weighted by Crippen LogP contribution is -2.55. The number of thiophene rings is 1. The van der Waals surface area contributed by atoms with Crippen molar-refractivity contribution in [3.63, 3.8) is 0 Å². The number of urea groups is 1. The van der Waals surface area contributed by atoms with E-state index in [1.165, 1.54) is 29.2 Å². The lowest BCUT2D eigenvalue weighted by atomic mass is 10.1. The maximum atomic E-state index is 13.2. The van der Waals surface area contributed by atoms with Crippen molar-refractivity contribution in [1.29, 1.82) is 0 Å². The average Bonchev–Trinajstić information content (AvgIpc) is 3.57. The number of sulfonamides is 1. The van der Waals surface area contributed by atoms with E-state index in [1.807, 2.05) is 0 Å². The highest BCUT2D eigenvalue weighted by Crippen LogP contribution is 2.23. The number of carbonyl (C=O) groups is 4. The van der Waals surface area contributed by atoms with Gasteiger partial charge in [0.25, 0.3) is 0 Å². The lowest BCUT2D eigenvalue weighted by molar-refractivity contribution is -0.143. The molecule has 0 bridgehead atoms. The first-order valence-electron chi connectivity index (χ1n) is 13.2. The standard InChI is InChI=1S/C27H32ClN5O6S2/c1-18(34)19-5-2-6-20(15-19)30-27(37)29-16-21-7-3-13-33(21)25(35)17-32-12-4-8-23(26(32)36)31-41(38,39)14-11-22-9-10-24(28)40-22/h2,5-6,9-11,14-15,21,23,31H,3-4,7-8,12-13,16-17H2,1H3,(H2,29,30,37)/b14-11+/t21-,23-/m0/s1. The van der Waals surface area contributed by atoms with Crippen molar-refractivity contribution in [2.75, 3.05) is 31.5 Å². The Balaban J connectivity index is 1.28. The number of piperidine rings is 1. The third-order valence-corrected chi connectivity index (χ3v) is 9.20. The normalized spacial score (nSPS) is 19.5. The Kier molecular flexibility index (Phi) is 10.2. The minimum absolute atomic E-state index is 0.109. The van der Waals surface area contributed by atoms with Gasteiger partial charge in [0.2, 0.25) is 21.8 Å². The Morgan fingerprint density at radius 2 is 1.90 bits per heavy atom. The molecule has 0 radical (unpaired) electrons. The molecule has 0 saturated carbocycles. The Morgan fingerprint density at radius 3 is 2.63 bits per heavy atom. The average molecular weight is 622 g/mol. The summed E-state index contributed by atoms with van der Waals surface area (Å²) in [6.07, 6.45) is 3.76. The van der Waals surface area contributed by atoms with E-state index in [9.17, 15) is 27.6 Å². The van der Waals surface area contributed by atoms with E-state index in [4.69, 9.17) is 11.6 Å². The van der Waals surface area contributed by atoms with Crippen LogP contribution in [0.2, 0.25) is 4.34 Å². The van der Waals surface area contributed by atoms with Gasteiger partial charge in [0.1, 0.15) is 6.04 Å². The number of rotatable bonds is 10. The second kappa shape index (κ2) is 13.6. The molecule has 2 aliphatic rings. The highest BCUT2D eigenvalue weighted by molar-refractivity contribution is 7.92. The van der Waals surface area contributed by atoms with Crippen molar-refractivity contribution in [2.45, 2.75) is 44.7 Å². The van der Waals surface area contributed by atoms with Gasteiger partial charge in [-0.15, -0.1) is 11.3 Å². The number of amides is 4. The summed E-state index contributed by atoms with van der Waals surface area (Å²) in [7, 11) is -3.90. The van der Waals surface area contributed by atoms with E-state index in [0.29, 0.717) is 52.8 Å². The van der Waals surface area contributed by atoms with Crippen LogP contribution in [0.25, 0.3) is 6.08 Å². The van der Waals surface area contributed by atoms with E-state index in [0.717, 1.165) is 11.8 Å². The summed E-state index contributed by atoms with van der Waals surface area (Å²) in [5.74, 6) is -0.807. The fourth-order valence-corrected chi connectivity index (χ4v) is 6.92. The molecule has 4 amide bonds. The van der Waals surface area contributed by atoms with Gasteiger partial charge in [0.15, 0.2) is 5.78 Å². The van der Waals surface area contributed by atoms with Gasteiger partial charge in [-0.3, -0.25) is 14.4 Å². The van der Waals surface area contributed by atoms with Crippen molar-refractivity contribution >= 4 is 68.4 Å². The Hall–Kier alpha value is -3.26. The molecule has 0 unspecified atom stereocenters. The van der Waals surface area contributed by atoms with Crippen LogP contribution >= 0.6 is 22.9 Å². The Labute approximate surface area is 248 Å². The monoisotopic (exact) mass is 621 g/mol. The van der Waals surface area contributed by atoms with Crippen LogP contribution in [0.15, 0.2) is 41.8 Å². The predicted molar refractivity (Wildman–Crippen MR) is 158 cm³/mol. The molecule has 220 valence electrons. The van der Waals surface area contributed by atoms with Gasteiger partial charge >= 0.3 is 6.03 Å². The summed E-state index contributed by atoms with van der Waals surface area (Å²) in [5.41, 5.74) is 0.965. The number of hydrogen-bond donors (Lipinski definition) is 3. The maximum Gasteiger partial charge on any atom is 0.319 e. The zero-order chi connectivity index (χ0) is 29.6. The van der Waals surface area contributed by atoms with Gasteiger partial charge in [-0.05, 0) is 62.9 Å². The molecule has 2 aliphatic heterocycles. The maximum absolute atomic E-state index is 13.2. The Morgan fingerprint density at radius 1 is 1.12 bits per heavy atom. The molecule has 2 saturated heterocycles. The molecular formula is C27H32ClN5O6S2. The van der Waals surface area contributed by atoms with Crippen LogP contribution in [0.1, 0.15) is 47.8 Å². The minimum Gasteiger partial charge on any atom is -0.336 e. The molecule has 11 nitrogen and oxygen atoms in total.